The van der Waals surface area contributed by atoms with E-state index >= 15 is 0 Å². The van der Waals surface area contributed by atoms with Crippen LogP contribution in [0, 0.1) is 0 Å². The third-order valence-corrected chi connectivity index (χ3v) is 4.49. The third-order valence-electron chi connectivity index (χ3n) is 4.49. The maximum atomic E-state index is 11.8. The molecule has 0 unspecified atom stereocenters. The number of anilines is 2. The van der Waals surface area contributed by atoms with Gasteiger partial charge in [-0.15, -0.1) is 0 Å². The van der Waals surface area contributed by atoms with Gasteiger partial charge in [0, 0.05) is 24.2 Å². The first-order valence-corrected chi connectivity index (χ1v) is 7.57. The van der Waals surface area contributed by atoms with E-state index in [1.807, 2.05) is 19.1 Å². The highest BCUT2D eigenvalue weighted by Crippen LogP contribution is 2.36. The zero-order valence-corrected chi connectivity index (χ0v) is 13.2. The highest BCUT2D eigenvalue weighted by molar-refractivity contribution is 5.96. The number of hydrogen-bond acceptors (Lipinski definition) is 4. The lowest BCUT2D eigenvalue weighted by Crippen LogP contribution is -2.54. The molecular formula is C16H26N4O. The lowest BCUT2D eigenvalue weighted by Gasteiger charge is -2.47. The van der Waals surface area contributed by atoms with Crippen molar-refractivity contribution in [3.05, 3.63) is 23.8 Å². The van der Waals surface area contributed by atoms with Crippen LogP contribution in [-0.2, 0) is 0 Å². The molecule has 0 bridgehead atoms. The van der Waals surface area contributed by atoms with Crippen LogP contribution in [0.4, 0.5) is 11.4 Å². The number of carbonyl (C=O) groups excluding carboxylic acids is 1. The van der Waals surface area contributed by atoms with E-state index in [-0.39, 0.29) is 11.4 Å². The Hall–Kier alpha value is -1.75. The number of nitrogens with zero attached hydrogens (tertiary/aromatic N) is 1. The van der Waals surface area contributed by atoms with Gasteiger partial charge >= 0.3 is 0 Å². The quantitative estimate of drug-likeness (QED) is 0.700. The van der Waals surface area contributed by atoms with E-state index in [0.717, 1.165) is 12.2 Å². The summed E-state index contributed by atoms with van der Waals surface area (Å²) in [6.07, 6.45) is 3.71. The first-order chi connectivity index (χ1) is 9.98. The van der Waals surface area contributed by atoms with Gasteiger partial charge in [0.2, 0.25) is 0 Å². The van der Waals surface area contributed by atoms with Crippen molar-refractivity contribution >= 4 is 17.3 Å². The van der Waals surface area contributed by atoms with Gasteiger partial charge in [-0.1, -0.05) is 0 Å². The normalized spacial score (nSPS) is 16.4. The number of nitrogens with two attached hydrogens (primary N) is 1. The van der Waals surface area contributed by atoms with Gasteiger partial charge in [-0.3, -0.25) is 4.79 Å². The number of nitrogen functional groups attached to an aromatic ring is 1. The van der Waals surface area contributed by atoms with Crippen LogP contribution in [0.3, 0.4) is 0 Å². The van der Waals surface area contributed by atoms with Gasteiger partial charge in [-0.2, -0.15) is 0 Å². The van der Waals surface area contributed by atoms with Crippen LogP contribution in [0.1, 0.15) is 36.5 Å². The summed E-state index contributed by atoms with van der Waals surface area (Å²) < 4.78 is 0. The maximum absolute atomic E-state index is 11.8. The average molecular weight is 290 g/mol. The maximum Gasteiger partial charge on any atom is 0.251 e. The van der Waals surface area contributed by atoms with Gasteiger partial charge in [0.05, 0.1) is 11.4 Å². The Balaban J connectivity index is 2.03. The van der Waals surface area contributed by atoms with Crippen LogP contribution in [0.25, 0.3) is 0 Å². The summed E-state index contributed by atoms with van der Waals surface area (Å²) in [4.78, 5) is 14.1. The fraction of sp³-hybridized carbons (Fsp3) is 0.562. The number of likely N-dealkylation sites (N-methyl/N-ethyl adjacent to an activating group) is 1. The Morgan fingerprint density at radius 1 is 1.38 bits per heavy atom. The van der Waals surface area contributed by atoms with Crippen LogP contribution in [-0.4, -0.2) is 43.5 Å². The molecule has 116 valence electrons. The second-order valence-corrected chi connectivity index (χ2v) is 5.99. The average Bonchev–Trinajstić information content (AvgIpc) is 2.38. The molecule has 1 aromatic carbocycles. The molecule has 1 aromatic rings. The minimum Gasteiger partial charge on any atom is -0.397 e. The highest BCUT2D eigenvalue weighted by atomic mass is 16.1. The summed E-state index contributed by atoms with van der Waals surface area (Å²) in [5, 5.41) is 6.21. The third kappa shape index (κ3) is 3.29. The van der Waals surface area contributed by atoms with E-state index < -0.39 is 0 Å². The molecule has 4 N–H and O–H groups in total. The molecule has 0 heterocycles. The molecule has 0 saturated heterocycles. The number of amides is 1. The van der Waals surface area contributed by atoms with Crippen molar-refractivity contribution in [2.45, 2.75) is 31.7 Å². The number of nitrogens with one attached hydrogen (secondary N) is 2. The number of rotatable bonds is 6. The fourth-order valence-electron chi connectivity index (χ4n) is 2.75. The number of hydrogen-bond donors (Lipinski definition) is 3. The van der Waals surface area contributed by atoms with Crippen molar-refractivity contribution < 1.29 is 4.79 Å². The van der Waals surface area contributed by atoms with Gasteiger partial charge in [0.15, 0.2) is 0 Å². The summed E-state index contributed by atoms with van der Waals surface area (Å²) >= 11 is 0. The summed E-state index contributed by atoms with van der Waals surface area (Å²) in [6, 6.07) is 5.44. The Labute approximate surface area is 126 Å². The summed E-state index contributed by atoms with van der Waals surface area (Å²) in [5.74, 6) is -0.0838. The van der Waals surface area contributed by atoms with E-state index in [1.54, 1.807) is 6.07 Å². The molecule has 1 aliphatic carbocycles. The van der Waals surface area contributed by atoms with Crippen molar-refractivity contribution in [3.63, 3.8) is 0 Å². The SMILES string of the molecule is CCNC(=O)c1ccc(NCC2(N(C)C)CCC2)c(N)c1. The standard InChI is InChI=1S/C16H26N4O/c1-4-18-15(21)12-6-7-14(13(17)10-12)19-11-16(20(2)3)8-5-9-16/h6-7,10,19H,4-5,8-9,11,17H2,1-3H3,(H,18,21). The number of carbonyl (C=O) groups is 1. The Kier molecular flexibility index (Phi) is 4.73. The molecular weight excluding hydrogens is 264 g/mol. The van der Waals surface area contributed by atoms with E-state index in [9.17, 15) is 4.79 Å². The Morgan fingerprint density at radius 2 is 2.10 bits per heavy atom. The molecule has 1 saturated carbocycles. The number of benzene rings is 1. The molecule has 0 atom stereocenters. The molecule has 5 heteroatoms. The largest absolute Gasteiger partial charge is 0.397 e. The Bertz CT molecular complexity index is 509. The van der Waals surface area contributed by atoms with E-state index in [0.29, 0.717) is 17.8 Å². The van der Waals surface area contributed by atoms with Gasteiger partial charge in [0.1, 0.15) is 0 Å². The van der Waals surface area contributed by atoms with Crippen molar-refractivity contribution in [1.29, 1.82) is 0 Å². The first kappa shape index (κ1) is 15.6. The van der Waals surface area contributed by atoms with Gasteiger partial charge in [-0.05, 0) is 58.5 Å². The van der Waals surface area contributed by atoms with Crippen LogP contribution < -0.4 is 16.4 Å². The topological polar surface area (TPSA) is 70.4 Å². The summed E-state index contributed by atoms with van der Waals surface area (Å²) in [6.45, 7) is 3.39. The monoisotopic (exact) mass is 290 g/mol. The Morgan fingerprint density at radius 3 is 2.57 bits per heavy atom. The smallest absolute Gasteiger partial charge is 0.251 e. The zero-order valence-electron chi connectivity index (χ0n) is 13.2. The van der Waals surface area contributed by atoms with Crippen molar-refractivity contribution in [1.82, 2.24) is 10.2 Å². The van der Waals surface area contributed by atoms with Crippen LogP contribution in [0.5, 0.6) is 0 Å². The lowest BCUT2D eigenvalue weighted by atomic mass is 9.75. The van der Waals surface area contributed by atoms with Crippen molar-refractivity contribution in [2.24, 2.45) is 0 Å². The van der Waals surface area contributed by atoms with E-state index in [1.165, 1.54) is 19.3 Å². The molecule has 1 fully saturated rings. The van der Waals surface area contributed by atoms with Gasteiger partial charge in [0.25, 0.3) is 5.91 Å². The van der Waals surface area contributed by atoms with E-state index in [2.05, 4.69) is 29.6 Å². The second-order valence-electron chi connectivity index (χ2n) is 5.99. The van der Waals surface area contributed by atoms with Crippen LogP contribution >= 0.6 is 0 Å². The molecule has 1 aliphatic rings. The second kappa shape index (κ2) is 6.35. The molecule has 2 rings (SSSR count). The minimum atomic E-state index is -0.0838. The molecule has 21 heavy (non-hydrogen) atoms. The van der Waals surface area contributed by atoms with Crippen molar-refractivity contribution in [2.75, 3.05) is 38.2 Å². The molecule has 0 aromatic heterocycles. The molecule has 5 nitrogen and oxygen atoms in total. The van der Waals surface area contributed by atoms with Gasteiger partial charge in [-0.25, -0.2) is 0 Å². The molecule has 0 radical (unpaired) electrons. The lowest BCUT2D eigenvalue weighted by molar-refractivity contribution is 0.0739. The molecule has 1 amide bonds. The van der Waals surface area contributed by atoms with Gasteiger partial charge < -0.3 is 21.3 Å². The summed E-state index contributed by atoms with van der Waals surface area (Å²) in [7, 11) is 4.25. The molecule has 0 spiro atoms. The highest BCUT2D eigenvalue weighted by Gasteiger charge is 2.38. The van der Waals surface area contributed by atoms with Crippen LogP contribution in [0.15, 0.2) is 18.2 Å². The minimum absolute atomic E-state index is 0.0838. The van der Waals surface area contributed by atoms with E-state index in [4.69, 9.17) is 5.73 Å². The molecule has 0 aliphatic heterocycles. The zero-order chi connectivity index (χ0) is 15.5. The summed E-state index contributed by atoms with van der Waals surface area (Å²) in [5.41, 5.74) is 8.42. The van der Waals surface area contributed by atoms with Crippen molar-refractivity contribution in [3.8, 4) is 0 Å². The predicted octanol–water partition coefficient (Wildman–Crippen LogP) is 1.91. The first-order valence-electron chi connectivity index (χ1n) is 7.57. The predicted molar refractivity (Wildman–Crippen MR) is 87.6 cm³/mol. The fourth-order valence-corrected chi connectivity index (χ4v) is 2.75. The van der Waals surface area contributed by atoms with Crippen LogP contribution in [0.2, 0.25) is 0 Å².